The van der Waals surface area contributed by atoms with Crippen molar-refractivity contribution in [2.75, 3.05) is 62.7 Å². The third-order valence-corrected chi connectivity index (χ3v) is 5.80. The van der Waals surface area contributed by atoms with E-state index in [-0.39, 0.29) is 17.2 Å². The van der Waals surface area contributed by atoms with Gasteiger partial charge in [0.25, 0.3) is 17.5 Å². The van der Waals surface area contributed by atoms with E-state index in [1.807, 2.05) is 4.90 Å². The Balaban J connectivity index is 1.62. The molecule has 182 valence electrons. The number of likely N-dealkylation sites (N-methyl/N-ethyl adjacent to an activating group) is 1. The minimum absolute atomic E-state index is 0.119. The smallest absolute Gasteiger partial charge is 0.293 e. The summed E-state index contributed by atoms with van der Waals surface area (Å²) in [5.74, 6) is -0.646. The van der Waals surface area contributed by atoms with E-state index in [0.717, 1.165) is 19.6 Å². The van der Waals surface area contributed by atoms with Gasteiger partial charge in [0.2, 0.25) is 0 Å². The Bertz CT molecular complexity index is 1000. The predicted molar refractivity (Wildman–Crippen MR) is 131 cm³/mol. The number of amides is 2. The van der Waals surface area contributed by atoms with Crippen molar-refractivity contribution in [3.05, 3.63) is 63.7 Å². The third-order valence-electron chi connectivity index (χ3n) is 5.80. The van der Waals surface area contributed by atoms with Crippen LogP contribution in [-0.2, 0) is 4.74 Å². The van der Waals surface area contributed by atoms with Crippen LogP contribution >= 0.6 is 0 Å². The van der Waals surface area contributed by atoms with Gasteiger partial charge in [0.05, 0.1) is 18.1 Å². The molecule has 34 heavy (non-hydrogen) atoms. The summed E-state index contributed by atoms with van der Waals surface area (Å²) in [6.07, 6.45) is 0. The molecule has 3 rings (SSSR count). The average Bonchev–Trinajstić information content (AvgIpc) is 2.87. The molecular weight excluding hydrogens is 438 g/mol. The lowest BCUT2D eigenvalue weighted by Gasteiger charge is -2.28. The molecule has 0 aliphatic carbocycles. The SMILES string of the molecule is CCN(CC)CCNC(=O)c1ccc(NC(=O)c2ccc(N3CCOCC3)c([N+](=O)[O-])c2)cc1. The predicted octanol–water partition coefficient (Wildman–Crippen LogP) is 2.76. The molecule has 1 aliphatic rings. The van der Waals surface area contributed by atoms with E-state index < -0.39 is 10.8 Å². The van der Waals surface area contributed by atoms with E-state index in [9.17, 15) is 19.7 Å². The van der Waals surface area contributed by atoms with Gasteiger partial charge in [-0.25, -0.2) is 0 Å². The number of hydrogen-bond acceptors (Lipinski definition) is 7. The molecule has 0 aromatic heterocycles. The van der Waals surface area contributed by atoms with Gasteiger partial charge in [-0.1, -0.05) is 13.8 Å². The van der Waals surface area contributed by atoms with Gasteiger partial charge < -0.3 is 25.2 Å². The van der Waals surface area contributed by atoms with Gasteiger partial charge in [-0.3, -0.25) is 19.7 Å². The zero-order valence-corrected chi connectivity index (χ0v) is 19.6. The van der Waals surface area contributed by atoms with Crippen molar-refractivity contribution in [3.63, 3.8) is 0 Å². The number of anilines is 2. The Labute approximate surface area is 199 Å². The molecule has 1 saturated heterocycles. The van der Waals surface area contributed by atoms with E-state index in [4.69, 9.17) is 4.74 Å². The second kappa shape index (κ2) is 12.1. The van der Waals surface area contributed by atoms with Gasteiger partial charge in [-0.15, -0.1) is 0 Å². The summed E-state index contributed by atoms with van der Waals surface area (Å²) in [5, 5.41) is 17.2. The van der Waals surface area contributed by atoms with Crippen molar-refractivity contribution in [1.82, 2.24) is 10.2 Å². The Morgan fingerprint density at radius 3 is 2.29 bits per heavy atom. The van der Waals surface area contributed by atoms with Crippen molar-refractivity contribution in [3.8, 4) is 0 Å². The first-order valence-electron chi connectivity index (χ1n) is 11.5. The first-order chi connectivity index (χ1) is 16.4. The molecule has 1 heterocycles. The van der Waals surface area contributed by atoms with Crippen molar-refractivity contribution in [2.45, 2.75) is 13.8 Å². The van der Waals surface area contributed by atoms with Crippen LogP contribution in [-0.4, -0.2) is 74.1 Å². The second-order valence-electron chi connectivity index (χ2n) is 7.87. The van der Waals surface area contributed by atoms with E-state index in [2.05, 4.69) is 29.4 Å². The van der Waals surface area contributed by atoms with Crippen LogP contribution in [0, 0.1) is 10.1 Å². The maximum absolute atomic E-state index is 12.7. The fourth-order valence-corrected chi connectivity index (χ4v) is 3.76. The maximum atomic E-state index is 12.7. The first kappa shape index (κ1) is 25.1. The second-order valence-corrected chi connectivity index (χ2v) is 7.87. The van der Waals surface area contributed by atoms with E-state index in [0.29, 0.717) is 49.8 Å². The summed E-state index contributed by atoms with van der Waals surface area (Å²) in [6, 6.07) is 11.0. The van der Waals surface area contributed by atoms with E-state index in [1.54, 1.807) is 36.4 Å². The van der Waals surface area contributed by atoms with Crippen LogP contribution in [0.5, 0.6) is 0 Å². The summed E-state index contributed by atoms with van der Waals surface area (Å²) in [4.78, 5) is 40.3. The third kappa shape index (κ3) is 6.52. The lowest BCUT2D eigenvalue weighted by Crippen LogP contribution is -2.36. The molecule has 2 amide bonds. The summed E-state index contributed by atoms with van der Waals surface area (Å²) in [5.41, 5.74) is 1.52. The Kier molecular flexibility index (Phi) is 8.94. The molecule has 0 atom stereocenters. The lowest BCUT2D eigenvalue weighted by molar-refractivity contribution is -0.384. The zero-order valence-electron chi connectivity index (χ0n) is 19.6. The highest BCUT2D eigenvalue weighted by Gasteiger charge is 2.23. The van der Waals surface area contributed by atoms with Gasteiger partial charge >= 0.3 is 0 Å². The molecule has 1 aliphatic heterocycles. The molecular formula is C24H31N5O5. The molecule has 0 saturated carbocycles. The van der Waals surface area contributed by atoms with Crippen LogP contribution in [0.2, 0.25) is 0 Å². The van der Waals surface area contributed by atoms with Gasteiger partial charge in [0, 0.05) is 49.1 Å². The highest BCUT2D eigenvalue weighted by atomic mass is 16.6. The summed E-state index contributed by atoms with van der Waals surface area (Å²) in [6.45, 7) is 9.47. The van der Waals surface area contributed by atoms with Gasteiger partial charge in [0.1, 0.15) is 5.69 Å². The average molecular weight is 470 g/mol. The molecule has 1 fully saturated rings. The summed E-state index contributed by atoms with van der Waals surface area (Å²) >= 11 is 0. The van der Waals surface area contributed by atoms with Crippen molar-refractivity contribution < 1.29 is 19.2 Å². The number of rotatable bonds is 10. The minimum Gasteiger partial charge on any atom is -0.378 e. The number of nitro groups is 1. The summed E-state index contributed by atoms with van der Waals surface area (Å²) < 4.78 is 5.31. The molecule has 2 N–H and O–H groups in total. The van der Waals surface area contributed by atoms with Crippen LogP contribution in [0.15, 0.2) is 42.5 Å². The van der Waals surface area contributed by atoms with Crippen LogP contribution in [0.1, 0.15) is 34.6 Å². The molecule has 0 unspecified atom stereocenters. The molecule has 10 nitrogen and oxygen atoms in total. The molecule has 0 radical (unpaired) electrons. The quantitative estimate of drug-likeness (QED) is 0.406. The van der Waals surface area contributed by atoms with Crippen LogP contribution in [0.3, 0.4) is 0 Å². The largest absolute Gasteiger partial charge is 0.378 e. The molecule has 2 aromatic carbocycles. The number of morpholine rings is 1. The van der Waals surface area contributed by atoms with Gasteiger partial charge in [0.15, 0.2) is 0 Å². The summed E-state index contributed by atoms with van der Waals surface area (Å²) in [7, 11) is 0. The standard InChI is InChI=1S/C24H31N5O5/c1-3-27(4-2)12-11-25-23(30)18-5-8-20(9-6-18)26-24(31)19-7-10-21(22(17-19)29(32)33)28-13-15-34-16-14-28/h5-10,17H,3-4,11-16H2,1-2H3,(H,25,30)(H,26,31). The van der Waals surface area contributed by atoms with Crippen LogP contribution < -0.4 is 15.5 Å². The number of benzene rings is 2. The number of carbonyl (C=O) groups excluding carboxylic acids is 2. The Morgan fingerprint density at radius 1 is 1.03 bits per heavy atom. The molecule has 2 aromatic rings. The minimum atomic E-state index is -0.477. The van der Waals surface area contributed by atoms with E-state index >= 15 is 0 Å². The highest BCUT2D eigenvalue weighted by molar-refractivity contribution is 6.05. The maximum Gasteiger partial charge on any atom is 0.293 e. The van der Waals surface area contributed by atoms with Crippen molar-refractivity contribution in [1.29, 1.82) is 0 Å². The number of ether oxygens (including phenoxy) is 1. The number of nitrogens with one attached hydrogen (secondary N) is 2. The number of nitro benzene ring substituents is 1. The van der Waals surface area contributed by atoms with Gasteiger partial charge in [-0.2, -0.15) is 0 Å². The van der Waals surface area contributed by atoms with Crippen LogP contribution in [0.25, 0.3) is 0 Å². The molecule has 10 heteroatoms. The topological polar surface area (TPSA) is 117 Å². The number of hydrogen-bond donors (Lipinski definition) is 2. The Morgan fingerprint density at radius 2 is 1.68 bits per heavy atom. The molecule has 0 bridgehead atoms. The normalized spacial score (nSPS) is 13.6. The number of nitrogens with zero attached hydrogens (tertiary/aromatic N) is 3. The first-order valence-corrected chi connectivity index (χ1v) is 11.5. The van der Waals surface area contributed by atoms with Crippen LogP contribution in [0.4, 0.5) is 17.1 Å². The van der Waals surface area contributed by atoms with Gasteiger partial charge in [-0.05, 0) is 49.5 Å². The van der Waals surface area contributed by atoms with Crippen molar-refractivity contribution >= 4 is 28.9 Å². The fourth-order valence-electron chi connectivity index (χ4n) is 3.76. The van der Waals surface area contributed by atoms with Crippen molar-refractivity contribution in [2.24, 2.45) is 0 Å². The Hall–Kier alpha value is -3.50. The molecule has 0 spiro atoms. The number of carbonyl (C=O) groups is 2. The van der Waals surface area contributed by atoms with E-state index in [1.165, 1.54) is 6.07 Å². The fraction of sp³-hybridized carbons (Fsp3) is 0.417. The zero-order chi connectivity index (χ0) is 24.5. The lowest BCUT2D eigenvalue weighted by atomic mass is 10.1. The highest BCUT2D eigenvalue weighted by Crippen LogP contribution is 2.30. The monoisotopic (exact) mass is 469 g/mol.